The van der Waals surface area contributed by atoms with Gasteiger partial charge in [0.25, 0.3) is 0 Å². The fourth-order valence-electron chi connectivity index (χ4n) is 1.87. The maximum absolute atomic E-state index is 11.5. The Bertz CT molecular complexity index is 464. The lowest BCUT2D eigenvalue weighted by Gasteiger charge is -2.34. The summed E-state index contributed by atoms with van der Waals surface area (Å²) in [5, 5.41) is 14.1. The van der Waals surface area contributed by atoms with Gasteiger partial charge in [-0.05, 0) is 25.0 Å². The van der Waals surface area contributed by atoms with Gasteiger partial charge < -0.3 is 24.9 Å². The average Bonchev–Trinajstić information content (AvgIpc) is 2.79. The van der Waals surface area contributed by atoms with Gasteiger partial charge >= 0.3 is 12.0 Å². The van der Waals surface area contributed by atoms with E-state index in [2.05, 4.69) is 10.6 Å². The average molecular weight is 268 g/mol. The molecule has 0 aromatic carbocycles. The van der Waals surface area contributed by atoms with Crippen LogP contribution in [0.2, 0.25) is 0 Å². The normalized spacial score (nSPS) is 21.5. The number of hydrogen-bond acceptors (Lipinski definition) is 4. The highest BCUT2D eigenvalue weighted by Crippen LogP contribution is 2.22. The van der Waals surface area contributed by atoms with Crippen LogP contribution in [-0.4, -0.2) is 36.4 Å². The highest BCUT2D eigenvalue weighted by atomic mass is 16.5. The zero-order chi connectivity index (χ0) is 13.8. The summed E-state index contributed by atoms with van der Waals surface area (Å²) in [7, 11) is 1.65. The van der Waals surface area contributed by atoms with E-state index in [9.17, 15) is 9.59 Å². The highest BCUT2D eigenvalue weighted by Gasteiger charge is 2.29. The second-order valence-corrected chi connectivity index (χ2v) is 4.42. The molecule has 1 aliphatic rings. The summed E-state index contributed by atoms with van der Waals surface area (Å²) < 4.78 is 10.1. The van der Waals surface area contributed by atoms with E-state index in [4.69, 9.17) is 14.3 Å². The molecule has 1 aliphatic carbocycles. The minimum absolute atomic E-state index is 0.135. The Morgan fingerprint density at radius 3 is 2.79 bits per heavy atom. The Kier molecular flexibility index (Phi) is 4.06. The van der Waals surface area contributed by atoms with Crippen LogP contribution >= 0.6 is 0 Å². The summed E-state index contributed by atoms with van der Waals surface area (Å²) >= 11 is 0. The summed E-state index contributed by atoms with van der Waals surface area (Å²) in [5.74, 6) is -0.870. The molecule has 0 bridgehead atoms. The van der Waals surface area contributed by atoms with Crippen LogP contribution in [0.5, 0.6) is 0 Å². The van der Waals surface area contributed by atoms with Crippen LogP contribution in [-0.2, 0) is 11.3 Å². The van der Waals surface area contributed by atoms with Crippen molar-refractivity contribution in [3.8, 4) is 0 Å². The molecule has 7 nitrogen and oxygen atoms in total. The van der Waals surface area contributed by atoms with Crippen molar-refractivity contribution >= 4 is 12.0 Å². The molecule has 0 saturated heterocycles. The predicted octanol–water partition coefficient (Wildman–Crippen LogP) is 0.954. The van der Waals surface area contributed by atoms with Gasteiger partial charge in [-0.15, -0.1) is 0 Å². The molecule has 0 spiro atoms. The predicted molar refractivity (Wildman–Crippen MR) is 64.9 cm³/mol. The van der Waals surface area contributed by atoms with Crippen molar-refractivity contribution in [1.82, 2.24) is 10.6 Å². The summed E-state index contributed by atoms with van der Waals surface area (Å²) in [6.07, 6.45) is 1.86. The largest absolute Gasteiger partial charge is 0.475 e. The molecule has 0 unspecified atom stereocenters. The summed E-state index contributed by atoms with van der Waals surface area (Å²) in [6.45, 7) is 0.152. The minimum Gasteiger partial charge on any atom is -0.475 e. The first kappa shape index (κ1) is 13.4. The third-order valence-electron chi connectivity index (χ3n) is 3.06. The third kappa shape index (κ3) is 3.47. The first-order valence-corrected chi connectivity index (χ1v) is 5.97. The van der Waals surface area contributed by atoms with Crippen LogP contribution in [0.3, 0.4) is 0 Å². The summed E-state index contributed by atoms with van der Waals surface area (Å²) in [5.41, 5.74) is 0. The lowest BCUT2D eigenvalue weighted by molar-refractivity contribution is 0.0205. The molecule has 0 radical (unpaired) electrons. The number of rotatable bonds is 5. The molecular weight excluding hydrogens is 252 g/mol. The fraction of sp³-hybridized carbons (Fsp3) is 0.500. The number of ether oxygens (including phenoxy) is 1. The van der Waals surface area contributed by atoms with E-state index >= 15 is 0 Å². The van der Waals surface area contributed by atoms with Crippen molar-refractivity contribution in [3.63, 3.8) is 0 Å². The maximum Gasteiger partial charge on any atom is 0.371 e. The molecule has 1 aromatic heterocycles. The van der Waals surface area contributed by atoms with E-state index < -0.39 is 5.97 Å². The Labute approximate surface area is 109 Å². The van der Waals surface area contributed by atoms with Crippen molar-refractivity contribution in [2.24, 2.45) is 0 Å². The van der Waals surface area contributed by atoms with Crippen molar-refractivity contribution in [2.45, 2.75) is 31.5 Å². The van der Waals surface area contributed by atoms with E-state index in [1.54, 1.807) is 7.11 Å². The number of methoxy groups -OCH3 is 1. The Morgan fingerprint density at radius 1 is 1.47 bits per heavy atom. The van der Waals surface area contributed by atoms with Gasteiger partial charge in [0.15, 0.2) is 0 Å². The molecule has 1 aromatic rings. The second kappa shape index (κ2) is 5.75. The van der Waals surface area contributed by atoms with E-state index in [-0.39, 0.29) is 30.5 Å². The quantitative estimate of drug-likeness (QED) is 0.738. The molecular formula is C12H16N2O5. The minimum atomic E-state index is -1.13. The Hall–Kier alpha value is -2.02. The molecule has 0 aliphatic heterocycles. The number of hydrogen-bond donors (Lipinski definition) is 3. The lowest BCUT2D eigenvalue weighted by Crippen LogP contribution is -2.50. The van der Waals surface area contributed by atoms with Crippen molar-refractivity contribution in [1.29, 1.82) is 0 Å². The van der Waals surface area contributed by atoms with Gasteiger partial charge in [-0.1, -0.05) is 0 Å². The first-order valence-electron chi connectivity index (χ1n) is 5.97. The number of aromatic carboxylic acids is 1. The molecule has 19 heavy (non-hydrogen) atoms. The first-order chi connectivity index (χ1) is 9.08. The molecule has 1 fully saturated rings. The molecule has 7 heteroatoms. The van der Waals surface area contributed by atoms with Crippen molar-refractivity contribution in [2.75, 3.05) is 7.11 Å². The lowest BCUT2D eigenvalue weighted by atomic mass is 9.89. The zero-order valence-electron chi connectivity index (χ0n) is 10.5. The second-order valence-electron chi connectivity index (χ2n) is 4.42. The number of carbonyl (C=O) groups is 2. The van der Waals surface area contributed by atoms with Crippen LogP contribution in [0, 0.1) is 0 Å². The molecule has 3 N–H and O–H groups in total. The van der Waals surface area contributed by atoms with Gasteiger partial charge in [0, 0.05) is 13.2 Å². The Morgan fingerprint density at radius 2 is 2.21 bits per heavy atom. The number of nitrogens with one attached hydrogen (secondary N) is 2. The zero-order valence-corrected chi connectivity index (χ0v) is 10.5. The highest BCUT2D eigenvalue weighted by molar-refractivity contribution is 5.84. The molecule has 104 valence electrons. The van der Waals surface area contributed by atoms with Gasteiger partial charge in [-0.3, -0.25) is 0 Å². The monoisotopic (exact) mass is 268 g/mol. The van der Waals surface area contributed by atoms with Gasteiger partial charge in [0.05, 0.1) is 12.6 Å². The van der Waals surface area contributed by atoms with E-state index in [0.29, 0.717) is 5.76 Å². The van der Waals surface area contributed by atoms with E-state index in [1.807, 2.05) is 0 Å². The van der Waals surface area contributed by atoms with Gasteiger partial charge in [-0.25, -0.2) is 9.59 Å². The molecule has 2 rings (SSSR count). The topological polar surface area (TPSA) is 101 Å². The van der Waals surface area contributed by atoms with E-state index in [0.717, 1.165) is 12.8 Å². The van der Waals surface area contributed by atoms with Crippen LogP contribution in [0.25, 0.3) is 0 Å². The maximum atomic E-state index is 11.5. The van der Waals surface area contributed by atoms with Crippen LogP contribution < -0.4 is 10.6 Å². The van der Waals surface area contributed by atoms with Crippen molar-refractivity contribution in [3.05, 3.63) is 23.7 Å². The van der Waals surface area contributed by atoms with Crippen LogP contribution in [0.4, 0.5) is 4.79 Å². The van der Waals surface area contributed by atoms with Crippen LogP contribution in [0.1, 0.15) is 29.2 Å². The van der Waals surface area contributed by atoms with Crippen LogP contribution in [0.15, 0.2) is 16.5 Å². The van der Waals surface area contributed by atoms with Gasteiger partial charge in [-0.2, -0.15) is 0 Å². The number of furan rings is 1. The standard InChI is InChI=1S/C12H16N2O5/c1-18-9-4-7(5-9)14-12(17)13-6-8-2-3-10(19-8)11(15)16/h2-3,7,9H,4-6H2,1H3,(H,15,16)(H2,13,14,17). The number of urea groups is 1. The molecule has 1 heterocycles. The number of carboxylic acid groups (broad SMARTS) is 1. The summed E-state index contributed by atoms with van der Waals surface area (Å²) in [4.78, 5) is 22.1. The van der Waals surface area contributed by atoms with Gasteiger partial charge in [0.2, 0.25) is 5.76 Å². The van der Waals surface area contributed by atoms with Gasteiger partial charge in [0.1, 0.15) is 5.76 Å². The number of carbonyl (C=O) groups excluding carboxylic acids is 1. The SMILES string of the molecule is COC1CC(NC(=O)NCc2ccc(C(=O)O)o2)C1. The molecule has 2 amide bonds. The number of amides is 2. The van der Waals surface area contributed by atoms with Crippen molar-refractivity contribution < 1.29 is 23.8 Å². The third-order valence-corrected chi connectivity index (χ3v) is 3.06. The summed E-state index contributed by atoms with van der Waals surface area (Å²) in [6, 6.07) is 2.71. The smallest absolute Gasteiger partial charge is 0.371 e. The number of carboxylic acids is 1. The molecule has 0 atom stereocenters. The Balaban J connectivity index is 1.70. The van der Waals surface area contributed by atoms with E-state index in [1.165, 1.54) is 12.1 Å². The fourth-order valence-corrected chi connectivity index (χ4v) is 1.87. The molecule has 1 saturated carbocycles.